The number of rotatable bonds is 7. The van der Waals surface area contributed by atoms with Crippen LogP contribution in [0.3, 0.4) is 0 Å². The first-order valence-electron chi connectivity index (χ1n) is 13.5. The molecule has 1 N–H and O–H groups in total. The van der Waals surface area contributed by atoms with Crippen molar-refractivity contribution in [3.05, 3.63) is 58.5 Å². The van der Waals surface area contributed by atoms with Crippen LogP contribution in [0.2, 0.25) is 0 Å². The van der Waals surface area contributed by atoms with Crippen LogP contribution in [0.5, 0.6) is 0 Å². The summed E-state index contributed by atoms with van der Waals surface area (Å²) in [6.07, 6.45) is 1.45. The molecule has 2 amide bonds. The summed E-state index contributed by atoms with van der Waals surface area (Å²) in [4.78, 5) is 38.9. The monoisotopic (exact) mass is 586 g/mol. The van der Waals surface area contributed by atoms with Gasteiger partial charge in [-0.3, -0.25) is 24.4 Å². The number of pyridine rings is 1. The summed E-state index contributed by atoms with van der Waals surface area (Å²) in [6, 6.07) is 3.69. The lowest BCUT2D eigenvalue weighted by Crippen LogP contribution is -2.50. The lowest BCUT2D eigenvalue weighted by atomic mass is 9.95. The predicted molar refractivity (Wildman–Crippen MR) is 153 cm³/mol. The van der Waals surface area contributed by atoms with Crippen LogP contribution < -0.4 is 5.32 Å². The maximum atomic E-state index is 13.6. The number of allylic oxidation sites excluding steroid dienone is 1. The minimum atomic E-state index is -4.22. The number of nitrogens with one attached hydrogen (secondary N) is 1. The number of halogens is 3. The summed E-state index contributed by atoms with van der Waals surface area (Å²) in [7, 11) is 0. The second kappa shape index (κ2) is 11.5. The predicted octanol–water partition coefficient (Wildman–Crippen LogP) is 4.91. The Balaban J connectivity index is 1.45. The highest BCUT2D eigenvalue weighted by atomic mass is 32.1. The molecular weight excluding hydrogens is 553 g/mol. The lowest BCUT2D eigenvalue weighted by molar-refractivity contribution is -0.149. The van der Waals surface area contributed by atoms with E-state index in [0.29, 0.717) is 37.5 Å². The minimum absolute atomic E-state index is 0.139. The molecule has 8 nitrogen and oxygen atoms in total. The molecule has 41 heavy (non-hydrogen) atoms. The van der Waals surface area contributed by atoms with Crippen molar-refractivity contribution in [1.29, 1.82) is 0 Å². The summed E-state index contributed by atoms with van der Waals surface area (Å²) in [5, 5.41) is 2.94. The van der Waals surface area contributed by atoms with Gasteiger partial charge >= 0.3 is 6.18 Å². The zero-order chi connectivity index (χ0) is 29.5. The molecular formula is C29H33F3N6O2S. The first-order valence-corrected chi connectivity index (χ1v) is 14.4. The molecule has 1 saturated heterocycles. The van der Waals surface area contributed by atoms with Crippen LogP contribution in [0.1, 0.15) is 48.4 Å². The average Bonchev–Trinajstić information content (AvgIpc) is 3.57. The lowest BCUT2D eigenvalue weighted by Gasteiger charge is -2.39. The Kier molecular flexibility index (Phi) is 8.18. The van der Waals surface area contributed by atoms with Crippen LogP contribution in [0.4, 0.5) is 13.2 Å². The highest BCUT2D eigenvalue weighted by molar-refractivity contribution is 7.13. The summed E-state index contributed by atoms with van der Waals surface area (Å²) < 4.78 is 40.9. The molecule has 0 aliphatic carbocycles. The number of aromatic nitrogens is 2. The molecule has 5 rings (SSSR count). The van der Waals surface area contributed by atoms with Crippen molar-refractivity contribution >= 4 is 34.4 Å². The standard InChI is InChI=1S/C29H33F3N6O2S/c1-17-9-18(2)35-28(40)24(17)12-34-27(39)23-11-22-10-21(25-13-33-16-41-25)14-38(22)26(19(23)3)20(4)37-7-5-36(6-8-37)15-29(30,31)32/h9-11,13-14,16,20,24H,5-8,12,15H2,1-4H3,(H,34,39). The van der Waals surface area contributed by atoms with Gasteiger partial charge in [0.25, 0.3) is 11.8 Å². The number of piperazine rings is 1. The zero-order valence-corrected chi connectivity index (χ0v) is 24.3. The number of carbonyl (C=O) groups excluding carboxylic acids is 2. The van der Waals surface area contributed by atoms with E-state index in [9.17, 15) is 22.8 Å². The Bertz CT molecular complexity index is 1520. The smallest absolute Gasteiger partial charge is 0.351 e. The quantitative estimate of drug-likeness (QED) is 0.426. The van der Waals surface area contributed by atoms with Gasteiger partial charge in [-0.15, -0.1) is 11.3 Å². The molecule has 0 spiro atoms. The number of amides is 2. The van der Waals surface area contributed by atoms with E-state index in [0.717, 1.165) is 32.8 Å². The van der Waals surface area contributed by atoms with Crippen LogP contribution in [-0.4, -0.2) is 82.2 Å². The van der Waals surface area contributed by atoms with Gasteiger partial charge in [0.05, 0.1) is 22.9 Å². The molecule has 0 saturated carbocycles. The highest BCUT2D eigenvalue weighted by Gasteiger charge is 2.34. The topological polar surface area (TPSA) is 82.3 Å². The van der Waals surface area contributed by atoms with Gasteiger partial charge in [-0.25, -0.2) is 4.99 Å². The van der Waals surface area contributed by atoms with Gasteiger partial charge in [0.15, 0.2) is 0 Å². The molecule has 1 fully saturated rings. The van der Waals surface area contributed by atoms with Gasteiger partial charge < -0.3 is 9.72 Å². The van der Waals surface area contributed by atoms with Gasteiger partial charge in [-0.1, -0.05) is 5.57 Å². The van der Waals surface area contributed by atoms with Crippen LogP contribution in [-0.2, 0) is 4.79 Å². The highest BCUT2D eigenvalue weighted by Crippen LogP contribution is 2.33. The van der Waals surface area contributed by atoms with E-state index in [-0.39, 0.29) is 24.4 Å². The van der Waals surface area contributed by atoms with Crippen molar-refractivity contribution in [1.82, 2.24) is 24.5 Å². The fraction of sp³-hybridized carbons (Fsp3) is 0.448. The van der Waals surface area contributed by atoms with Crippen molar-refractivity contribution in [2.45, 2.75) is 39.9 Å². The van der Waals surface area contributed by atoms with Gasteiger partial charge in [-0.05, 0) is 51.5 Å². The maximum absolute atomic E-state index is 13.6. The SMILES string of the molecule is CC1=CC(C)=NC(=O)C1CNC(=O)c1cc2cc(-c3cncs3)cn2c(C(C)N2CCN(CC(F)(F)F)CC2)c1C. The number of dihydropyridines is 1. The number of aliphatic imine (C=N–C) groups is 1. The zero-order valence-electron chi connectivity index (χ0n) is 23.5. The van der Waals surface area contributed by atoms with Crippen molar-refractivity contribution in [2.75, 3.05) is 39.3 Å². The number of thiazole rings is 1. The van der Waals surface area contributed by atoms with Crippen molar-refractivity contribution in [3.8, 4) is 10.4 Å². The number of nitrogens with zero attached hydrogens (tertiary/aromatic N) is 5. The number of hydrogen-bond acceptors (Lipinski definition) is 6. The number of hydrogen-bond donors (Lipinski definition) is 1. The fourth-order valence-electron chi connectivity index (χ4n) is 5.80. The van der Waals surface area contributed by atoms with Crippen molar-refractivity contribution < 1.29 is 22.8 Å². The third-order valence-corrected chi connectivity index (χ3v) is 8.76. The first kappa shape index (κ1) is 29.2. The number of fused-ring (bicyclic) bond motifs is 1. The van der Waals surface area contributed by atoms with Crippen LogP contribution in [0, 0.1) is 12.8 Å². The Hall–Kier alpha value is -3.35. The molecule has 2 aliphatic heterocycles. The van der Waals surface area contributed by atoms with Gasteiger partial charge in [0.1, 0.15) is 0 Å². The molecule has 2 aliphatic rings. The fourth-order valence-corrected chi connectivity index (χ4v) is 6.41. The van der Waals surface area contributed by atoms with E-state index in [4.69, 9.17) is 0 Å². The molecule has 3 aromatic heterocycles. The van der Waals surface area contributed by atoms with E-state index >= 15 is 0 Å². The minimum Gasteiger partial charge on any atom is -0.351 e. The molecule has 0 aromatic carbocycles. The second-order valence-electron chi connectivity index (χ2n) is 10.8. The van der Waals surface area contributed by atoms with Crippen LogP contribution in [0.15, 0.2) is 46.7 Å². The molecule has 0 bridgehead atoms. The Morgan fingerprint density at radius 2 is 1.90 bits per heavy atom. The van der Waals surface area contributed by atoms with Crippen LogP contribution in [0.25, 0.3) is 16.0 Å². The van der Waals surface area contributed by atoms with E-state index in [1.165, 1.54) is 16.2 Å². The third-order valence-electron chi connectivity index (χ3n) is 7.94. The van der Waals surface area contributed by atoms with Gasteiger partial charge in [-0.2, -0.15) is 13.2 Å². The normalized spacial score (nSPS) is 19.8. The molecule has 12 heteroatoms. The van der Waals surface area contributed by atoms with E-state index in [1.807, 2.05) is 45.2 Å². The number of alkyl halides is 3. The van der Waals surface area contributed by atoms with Crippen molar-refractivity contribution in [3.63, 3.8) is 0 Å². The summed E-state index contributed by atoms with van der Waals surface area (Å²) in [5.74, 6) is -1.07. The van der Waals surface area contributed by atoms with Gasteiger partial charge in [0, 0.05) is 79.2 Å². The largest absolute Gasteiger partial charge is 0.401 e. The maximum Gasteiger partial charge on any atom is 0.401 e. The third kappa shape index (κ3) is 6.29. The summed E-state index contributed by atoms with van der Waals surface area (Å²) >= 11 is 1.52. The molecule has 3 aromatic rings. The second-order valence-corrected chi connectivity index (χ2v) is 11.7. The Morgan fingerprint density at radius 1 is 1.17 bits per heavy atom. The van der Waals surface area contributed by atoms with E-state index in [2.05, 4.69) is 24.6 Å². The van der Waals surface area contributed by atoms with E-state index < -0.39 is 18.6 Å². The molecule has 0 radical (unpaired) electrons. The molecule has 5 heterocycles. The molecule has 2 unspecified atom stereocenters. The molecule has 218 valence electrons. The number of carbonyl (C=O) groups is 2. The van der Waals surface area contributed by atoms with Crippen LogP contribution >= 0.6 is 11.3 Å². The molecule has 2 atom stereocenters. The summed E-state index contributed by atoms with van der Waals surface area (Å²) in [5.41, 5.74) is 7.24. The van der Waals surface area contributed by atoms with Crippen molar-refractivity contribution in [2.24, 2.45) is 10.9 Å². The van der Waals surface area contributed by atoms with Gasteiger partial charge in [0.2, 0.25) is 0 Å². The first-order chi connectivity index (χ1) is 19.4. The average molecular weight is 587 g/mol. The Labute approximate surface area is 240 Å². The van der Waals surface area contributed by atoms with E-state index in [1.54, 1.807) is 18.6 Å². The Morgan fingerprint density at radius 3 is 2.54 bits per heavy atom. The summed E-state index contributed by atoms with van der Waals surface area (Å²) in [6.45, 7) is 8.38.